The second kappa shape index (κ2) is 9.71. The molecule has 2 heterocycles. The molecule has 0 amide bonds. The van der Waals surface area contributed by atoms with Gasteiger partial charge in [-0.15, -0.1) is 0 Å². The molecule has 3 rings (SSSR count). The molecule has 2 aromatic heterocycles. The SMILES string of the molecule is COCCN(C)c1ccc(CC/C(=N\O)c2ccoc2-c2ccncc2)cc1. The fourth-order valence-corrected chi connectivity index (χ4v) is 3.04. The van der Waals surface area contributed by atoms with E-state index < -0.39 is 0 Å². The van der Waals surface area contributed by atoms with Gasteiger partial charge in [0.25, 0.3) is 0 Å². The Morgan fingerprint density at radius 1 is 1.14 bits per heavy atom. The zero-order valence-electron chi connectivity index (χ0n) is 16.2. The molecular formula is C22H25N3O3. The molecule has 6 nitrogen and oxygen atoms in total. The van der Waals surface area contributed by atoms with Gasteiger partial charge in [0, 0.05) is 49.9 Å². The summed E-state index contributed by atoms with van der Waals surface area (Å²) in [7, 11) is 3.75. The lowest BCUT2D eigenvalue weighted by Gasteiger charge is -2.19. The van der Waals surface area contributed by atoms with E-state index in [4.69, 9.17) is 9.15 Å². The highest BCUT2D eigenvalue weighted by atomic mass is 16.5. The summed E-state index contributed by atoms with van der Waals surface area (Å²) in [4.78, 5) is 6.18. The van der Waals surface area contributed by atoms with Crippen molar-refractivity contribution in [2.45, 2.75) is 12.8 Å². The lowest BCUT2D eigenvalue weighted by atomic mass is 10.00. The number of nitrogens with zero attached hydrogens (tertiary/aromatic N) is 3. The average molecular weight is 379 g/mol. The first kappa shape index (κ1) is 19.6. The Hall–Kier alpha value is -3.12. The second-order valence-electron chi connectivity index (χ2n) is 6.53. The van der Waals surface area contributed by atoms with Gasteiger partial charge in [-0.05, 0) is 48.7 Å². The number of aryl methyl sites for hydroxylation is 1. The number of oxime groups is 1. The molecule has 0 spiro atoms. The van der Waals surface area contributed by atoms with Gasteiger partial charge in [-0.2, -0.15) is 0 Å². The summed E-state index contributed by atoms with van der Waals surface area (Å²) in [6.07, 6.45) is 6.40. The van der Waals surface area contributed by atoms with Crippen LogP contribution >= 0.6 is 0 Å². The van der Waals surface area contributed by atoms with E-state index in [-0.39, 0.29) is 0 Å². The highest BCUT2D eigenvalue weighted by molar-refractivity contribution is 6.04. The smallest absolute Gasteiger partial charge is 0.143 e. The number of rotatable bonds is 9. The summed E-state index contributed by atoms with van der Waals surface area (Å²) in [6, 6.07) is 14.0. The Kier molecular flexibility index (Phi) is 6.81. The first-order valence-electron chi connectivity index (χ1n) is 9.21. The standard InChI is InChI=1S/C22H25N3O3/c1-25(14-16-27-2)19-6-3-17(4-7-19)5-8-21(24-26)20-11-15-28-22(20)18-9-12-23-13-10-18/h3-4,6-7,9-13,15,26H,5,8,14,16H2,1-2H3/b24-21+. The minimum Gasteiger partial charge on any atom is -0.464 e. The van der Waals surface area contributed by atoms with Gasteiger partial charge in [0.2, 0.25) is 0 Å². The highest BCUT2D eigenvalue weighted by Crippen LogP contribution is 2.26. The van der Waals surface area contributed by atoms with Crippen LogP contribution in [0.15, 0.2) is 70.7 Å². The summed E-state index contributed by atoms with van der Waals surface area (Å²) < 4.78 is 10.7. The maximum atomic E-state index is 9.56. The van der Waals surface area contributed by atoms with E-state index in [0.29, 0.717) is 24.5 Å². The lowest BCUT2D eigenvalue weighted by molar-refractivity contribution is 0.206. The van der Waals surface area contributed by atoms with Crippen LogP contribution in [-0.4, -0.2) is 43.2 Å². The van der Waals surface area contributed by atoms with Crippen LogP contribution in [0.4, 0.5) is 5.69 Å². The number of likely N-dealkylation sites (N-methyl/N-ethyl adjacent to an activating group) is 1. The van der Waals surface area contributed by atoms with E-state index in [1.54, 1.807) is 25.8 Å². The van der Waals surface area contributed by atoms with Crippen LogP contribution in [0, 0.1) is 0 Å². The van der Waals surface area contributed by atoms with E-state index in [1.807, 2.05) is 25.2 Å². The van der Waals surface area contributed by atoms with Gasteiger partial charge in [-0.1, -0.05) is 17.3 Å². The molecule has 6 heteroatoms. The van der Waals surface area contributed by atoms with Crippen molar-refractivity contribution in [1.29, 1.82) is 0 Å². The van der Waals surface area contributed by atoms with Crippen LogP contribution in [-0.2, 0) is 11.2 Å². The van der Waals surface area contributed by atoms with E-state index in [2.05, 4.69) is 39.3 Å². The van der Waals surface area contributed by atoms with Crippen molar-refractivity contribution in [3.63, 3.8) is 0 Å². The first-order chi connectivity index (χ1) is 13.7. The van der Waals surface area contributed by atoms with Crippen LogP contribution in [0.2, 0.25) is 0 Å². The minimum absolute atomic E-state index is 0.599. The van der Waals surface area contributed by atoms with Crippen molar-refractivity contribution in [3.05, 3.63) is 72.2 Å². The highest BCUT2D eigenvalue weighted by Gasteiger charge is 2.15. The van der Waals surface area contributed by atoms with Crippen LogP contribution in [0.1, 0.15) is 17.5 Å². The maximum absolute atomic E-state index is 9.56. The number of pyridine rings is 1. The third kappa shape index (κ3) is 4.78. The summed E-state index contributed by atoms with van der Waals surface area (Å²) in [5, 5.41) is 13.1. The predicted octanol–water partition coefficient (Wildman–Crippen LogP) is 4.24. The van der Waals surface area contributed by atoms with Crippen LogP contribution in [0.25, 0.3) is 11.3 Å². The zero-order valence-corrected chi connectivity index (χ0v) is 16.2. The van der Waals surface area contributed by atoms with E-state index in [9.17, 15) is 5.21 Å². The predicted molar refractivity (Wildman–Crippen MR) is 110 cm³/mol. The van der Waals surface area contributed by atoms with Crippen LogP contribution in [0.5, 0.6) is 0 Å². The normalized spacial score (nSPS) is 11.6. The van der Waals surface area contributed by atoms with Gasteiger partial charge in [0.1, 0.15) is 5.76 Å². The Labute approximate surface area is 165 Å². The number of methoxy groups -OCH3 is 1. The van der Waals surface area contributed by atoms with Gasteiger partial charge in [-0.3, -0.25) is 4.98 Å². The van der Waals surface area contributed by atoms with Gasteiger partial charge in [0.15, 0.2) is 0 Å². The number of ether oxygens (including phenoxy) is 1. The number of hydrogen-bond donors (Lipinski definition) is 1. The number of benzene rings is 1. The summed E-state index contributed by atoms with van der Waals surface area (Å²) in [6.45, 7) is 1.54. The third-order valence-corrected chi connectivity index (χ3v) is 4.70. The van der Waals surface area contributed by atoms with E-state index in [1.165, 1.54) is 5.56 Å². The molecule has 0 fully saturated rings. The fourth-order valence-electron chi connectivity index (χ4n) is 3.04. The third-order valence-electron chi connectivity index (χ3n) is 4.70. The number of anilines is 1. The summed E-state index contributed by atoms with van der Waals surface area (Å²) in [5.74, 6) is 0.685. The van der Waals surface area contributed by atoms with Gasteiger partial charge in [-0.25, -0.2) is 0 Å². The van der Waals surface area contributed by atoms with Crippen LogP contribution < -0.4 is 4.90 Å². The van der Waals surface area contributed by atoms with Gasteiger partial charge in [0.05, 0.1) is 18.6 Å². The average Bonchev–Trinajstić information content (AvgIpc) is 3.23. The Morgan fingerprint density at radius 2 is 1.89 bits per heavy atom. The molecule has 0 bridgehead atoms. The molecule has 0 saturated heterocycles. The maximum Gasteiger partial charge on any atom is 0.143 e. The molecule has 0 aliphatic rings. The van der Waals surface area contributed by atoms with Gasteiger partial charge < -0.3 is 19.3 Å². The Morgan fingerprint density at radius 3 is 2.57 bits per heavy atom. The fraction of sp³-hybridized carbons (Fsp3) is 0.273. The molecule has 1 aromatic carbocycles. The summed E-state index contributed by atoms with van der Waals surface area (Å²) >= 11 is 0. The number of aromatic nitrogens is 1. The first-order valence-corrected chi connectivity index (χ1v) is 9.21. The molecule has 28 heavy (non-hydrogen) atoms. The molecular weight excluding hydrogens is 354 g/mol. The van der Waals surface area contributed by atoms with Crippen molar-refractivity contribution in [2.24, 2.45) is 5.16 Å². The van der Waals surface area contributed by atoms with E-state index in [0.717, 1.165) is 29.8 Å². The topological polar surface area (TPSA) is 71.1 Å². The van der Waals surface area contributed by atoms with Crippen LogP contribution in [0.3, 0.4) is 0 Å². The zero-order chi connectivity index (χ0) is 19.8. The molecule has 146 valence electrons. The molecule has 0 atom stereocenters. The van der Waals surface area contributed by atoms with Crippen molar-refractivity contribution in [2.75, 3.05) is 32.2 Å². The van der Waals surface area contributed by atoms with Gasteiger partial charge >= 0.3 is 0 Å². The molecule has 0 radical (unpaired) electrons. The quantitative estimate of drug-likeness (QED) is 0.342. The molecule has 0 aliphatic carbocycles. The molecule has 0 saturated carbocycles. The summed E-state index contributed by atoms with van der Waals surface area (Å²) in [5.41, 5.74) is 4.62. The molecule has 1 N–H and O–H groups in total. The monoisotopic (exact) mass is 379 g/mol. The Bertz CT molecular complexity index is 889. The lowest BCUT2D eigenvalue weighted by Crippen LogP contribution is -2.21. The molecule has 0 unspecified atom stereocenters. The number of furan rings is 1. The van der Waals surface area contributed by atoms with Crippen molar-refractivity contribution >= 4 is 11.4 Å². The minimum atomic E-state index is 0.599. The molecule has 3 aromatic rings. The van der Waals surface area contributed by atoms with Crippen molar-refractivity contribution < 1.29 is 14.4 Å². The van der Waals surface area contributed by atoms with Crippen molar-refractivity contribution in [3.8, 4) is 11.3 Å². The second-order valence-corrected chi connectivity index (χ2v) is 6.53. The number of hydrogen-bond acceptors (Lipinski definition) is 6. The van der Waals surface area contributed by atoms with E-state index >= 15 is 0 Å². The molecule has 0 aliphatic heterocycles. The largest absolute Gasteiger partial charge is 0.464 e. The Balaban J connectivity index is 1.66. The van der Waals surface area contributed by atoms with Crippen molar-refractivity contribution in [1.82, 2.24) is 4.98 Å².